The molecule has 0 fully saturated rings. The Labute approximate surface area is 181 Å². The molecule has 0 spiro atoms. The van der Waals surface area contributed by atoms with Gasteiger partial charge in [0, 0.05) is 19.0 Å². The summed E-state index contributed by atoms with van der Waals surface area (Å²) < 4.78 is 50.2. The van der Waals surface area contributed by atoms with Crippen LogP contribution in [-0.2, 0) is 32.9 Å². The minimum atomic E-state index is -4.05. The second-order valence-electron chi connectivity index (χ2n) is 7.29. The van der Waals surface area contributed by atoms with Crippen LogP contribution in [0, 0.1) is 0 Å². The van der Waals surface area contributed by atoms with Crippen LogP contribution in [0.5, 0.6) is 0 Å². The summed E-state index contributed by atoms with van der Waals surface area (Å²) in [6.45, 7) is 0. The van der Waals surface area contributed by atoms with Crippen molar-refractivity contribution in [2.24, 2.45) is 0 Å². The van der Waals surface area contributed by atoms with E-state index < -0.39 is 26.0 Å². The molecule has 0 saturated heterocycles. The van der Waals surface area contributed by atoms with E-state index in [1.54, 1.807) is 0 Å². The molecular weight excluding hydrogens is 446 g/mol. The number of hydrogen-bond donors (Lipinski definition) is 2. The van der Waals surface area contributed by atoms with Gasteiger partial charge in [-0.3, -0.25) is 10.2 Å². The molecule has 164 valence electrons. The number of aryl methyl sites for hydroxylation is 2. The summed E-state index contributed by atoms with van der Waals surface area (Å²) >= 11 is 1.40. The van der Waals surface area contributed by atoms with E-state index in [4.69, 9.17) is 0 Å². The minimum absolute atomic E-state index is 0.0218. The van der Waals surface area contributed by atoms with Crippen molar-refractivity contribution in [2.75, 3.05) is 14.1 Å². The summed E-state index contributed by atoms with van der Waals surface area (Å²) in [5.74, 6) is -0.512. The van der Waals surface area contributed by atoms with Crippen LogP contribution in [0.25, 0.3) is 0 Å². The number of fused-ring (bicyclic) bond motifs is 1. The van der Waals surface area contributed by atoms with Gasteiger partial charge in [-0.25, -0.2) is 21.1 Å². The number of benzene rings is 1. The summed E-state index contributed by atoms with van der Waals surface area (Å²) in [4.78, 5) is 16.0. The Balaban J connectivity index is 1.69. The van der Waals surface area contributed by atoms with E-state index in [1.165, 1.54) is 73.0 Å². The zero-order valence-electron chi connectivity index (χ0n) is 16.8. The third-order valence-electron chi connectivity index (χ3n) is 4.93. The number of amides is 1. The molecule has 0 saturated carbocycles. The number of hydrogen-bond acceptors (Lipinski definition) is 6. The molecule has 1 aliphatic rings. The fourth-order valence-electron chi connectivity index (χ4n) is 3.19. The molecule has 1 heterocycles. The van der Waals surface area contributed by atoms with Crippen molar-refractivity contribution in [3.05, 3.63) is 45.6 Å². The fraction of sp³-hybridized carbons (Fsp3) is 0.421. The highest BCUT2D eigenvalue weighted by atomic mass is 32.2. The molecule has 0 radical (unpaired) electrons. The summed E-state index contributed by atoms with van der Waals surface area (Å²) in [5.41, 5.74) is 3.42. The second kappa shape index (κ2) is 9.15. The first-order valence-corrected chi connectivity index (χ1v) is 13.3. The van der Waals surface area contributed by atoms with Gasteiger partial charge in [0.25, 0.3) is 15.9 Å². The van der Waals surface area contributed by atoms with Crippen molar-refractivity contribution in [3.63, 3.8) is 0 Å². The number of thiophene rings is 1. The van der Waals surface area contributed by atoms with Crippen LogP contribution < -0.4 is 10.3 Å². The molecule has 11 heteroatoms. The largest absolute Gasteiger partial charge is 0.276 e. The van der Waals surface area contributed by atoms with Crippen molar-refractivity contribution in [3.8, 4) is 0 Å². The quantitative estimate of drug-likeness (QED) is 0.628. The number of sulfonamides is 2. The van der Waals surface area contributed by atoms with E-state index in [0.29, 0.717) is 4.88 Å². The average Bonchev–Trinajstić information content (AvgIpc) is 3.08. The van der Waals surface area contributed by atoms with Crippen LogP contribution in [-0.4, -0.2) is 41.1 Å². The number of nitrogens with zero attached hydrogens (tertiary/aromatic N) is 1. The Kier molecular flexibility index (Phi) is 6.98. The van der Waals surface area contributed by atoms with E-state index in [1.807, 2.05) is 6.07 Å². The van der Waals surface area contributed by atoms with Gasteiger partial charge in [-0.2, -0.15) is 0 Å². The maximum Gasteiger partial charge on any atom is 0.276 e. The normalized spacial score (nSPS) is 15.3. The lowest BCUT2D eigenvalue weighted by molar-refractivity contribution is 0.0949. The SMILES string of the molecule is CN(C)S(=O)(=O)c1ccc(S(=O)(=O)NNC(=O)c2cc3c(s2)CCCCCC3)cc1. The molecule has 0 atom stereocenters. The number of rotatable bonds is 6. The van der Waals surface area contributed by atoms with E-state index in [9.17, 15) is 21.6 Å². The Hall–Kier alpha value is -1.79. The Morgan fingerprint density at radius 2 is 1.53 bits per heavy atom. The van der Waals surface area contributed by atoms with Crippen molar-refractivity contribution in [2.45, 2.75) is 48.3 Å². The third kappa shape index (κ3) is 5.09. The van der Waals surface area contributed by atoms with Gasteiger partial charge >= 0.3 is 0 Å². The number of hydrazine groups is 1. The Morgan fingerprint density at radius 3 is 2.17 bits per heavy atom. The molecule has 0 aliphatic heterocycles. The van der Waals surface area contributed by atoms with Gasteiger partial charge in [-0.1, -0.05) is 12.8 Å². The van der Waals surface area contributed by atoms with Crippen molar-refractivity contribution >= 4 is 37.3 Å². The summed E-state index contributed by atoms with van der Waals surface area (Å²) in [6.07, 6.45) is 6.45. The maximum atomic E-state index is 12.5. The molecule has 0 bridgehead atoms. The smallest absolute Gasteiger partial charge is 0.273 e. The number of carbonyl (C=O) groups excluding carboxylic acids is 1. The summed E-state index contributed by atoms with van der Waals surface area (Å²) in [6, 6.07) is 6.63. The zero-order valence-corrected chi connectivity index (χ0v) is 19.3. The molecule has 2 N–H and O–H groups in total. The van der Waals surface area contributed by atoms with E-state index in [-0.39, 0.29) is 9.79 Å². The lowest BCUT2D eigenvalue weighted by Gasteiger charge is -2.12. The monoisotopic (exact) mass is 471 g/mol. The van der Waals surface area contributed by atoms with E-state index in [2.05, 4.69) is 10.3 Å². The predicted octanol–water partition coefficient (Wildman–Crippen LogP) is 2.28. The number of carbonyl (C=O) groups is 1. The Morgan fingerprint density at radius 1 is 0.933 bits per heavy atom. The van der Waals surface area contributed by atoms with Crippen LogP contribution in [0.2, 0.25) is 0 Å². The van der Waals surface area contributed by atoms with Gasteiger partial charge in [0.2, 0.25) is 10.0 Å². The third-order valence-corrected chi connectivity index (χ3v) is 9.26. The predicted molar refractivity (Wildman–Crippen MR) is 115 cm³/mol. The molecule has 2 aromatic rings. The molecule has 3 rings (SSSR count). The lowest BCUT2D eigenvalue weighted by atomic mass is 10.00. The van der Waals surface area contributed by atoms with Gasteiger partial charge in [0.15, 0.2) is 0 Å². The van der Waals surface area contributed by atoms with E-state index >= 15 is 0 Å². The average molecular weight is 472 g/mol. The highest BCUT2D eigenvalue weighted by Crippen LogP contribution is 2.28. The molecular formula is C19H25N3O5S3. The molecule has 1 aromatic carbocycles. The van der Waals surface area contributed by atoms with Crippen molar-refractivity contribution in [1.82, 2.24) is 14.6 Å². The van der Waals surface area contributed by atoms with Crippen LogP contribution in [0.3, 0.4) is 0 Å². The summed E-state index contributed by atoms with van der Waals surface area (Å²) in [5, 5.41) is 0. The van der Waals surface area contributed by atoms with Crippen LogP contribution in [0.15, 0.2) is 40.1 Å². The summed E-state index contributed by atoms with van der Waals surface area (Å²) in [7, 11) is -4.92. The first-order chi connectivity index (χ1) is 14.1. The molecule has 30 heavy (non-hydrogen) atoms. The van der Waals surface area contributed by atoms with E-state index in [0.717, 1.165) is 30.0 Å². The highest BCUT2D eigenvalue weighted by molar-refractivity contribution is 7.89. The molecule has 0 unspecified atom stereocenters. The van der Waals surface area contributed by atoms with Gasteiger partial charge in [-0.05, 0) is 61.6 Å². The maximum absolute atomic E-state index is 12.5. The first-order valence-electron chi connectivity index (χ1n) is 9.57. The zero-order chi connectivity index (χ0) is 21.9. The van der Waals surface area contributed by atoms with Gasteiger partial charge in [0.1, 0.15) is 0 Å². The molecule has 8 nitrogen and oxygen atoms in total. The standard InChI is InChI=1S/C19H25N3O5S3/c1-22(2)30(26,27)16-11-9-15(10-12-16)29(24,25)21-20-19(23)18-13-14-7-5-3-4-6-8-17(14)28-18/h9-13,21H,3-8H2,1-2H3,(H,20,23). The topological polar surface area (TPSA) is 113 Å². The Bertz CT molecular complexity index is 1100. The van der Waals surface area contributed by atoms with Gasteiger partial charge in [-0.15, -0.1) is 16.2 Å². The van der Waals surface area contributed by atoms with Gasteiger partial charge in [0.05, 0.1) is 14.7 Å². The van der Waals surface area contributed by atoms with Crippen molar-refractivity contribution in [1.29, 1.82) is 0 Å². The fourth-order valence-corrected chi connectivity index (χ4v) is 6.08. The molecule has 1 aliphatic carbocycles. The van der Waals surface area contributed by atoms with Gasteiger partial charge < -0.3 is 0 Å². The number of nitrogens with one attached hydrogen (secondary N) is 2. The van der Waals surface area contributed by atoms with Crippen LogP contribution >= 0.6 is 11.3 Å². The van der Waals surface area contributed by atoms with Crippen LogP contribution in [0.1, 0.15) is 45.8 Å². The van der Waals surface area contributed by atoms with Crippen molar-refractivity contribution < 1.29 is 21.6 Å². The lowest BCUT2D eigenvalue weighted by Crippen LogP contribution is -2.41. The van der Waals surface area contributed by atoms with Crippen LogP contribution in [0.4, 0.5) is 0 Å². The molecule has 1 aromatic heterocycles. The minimum Gasteiger partial charge on any atom is -0.273 e. The highest BCUT2D eigenvalue weighted by Gasteiger charge is 2.21. The molecule has 1 amide bonds. The second-order valence-corrected chi connectivity index (χ2v) is 12.3. The first kappa shape index (κ1) is 22.9.